The Hall–Kier alpha value is -0.870. The van der Waals surface area contributed by atoms with Gasteiger partial charge in [0.15, 0.2) is 0 Å². The molecule has 4 rings (SSSR count). The number of ether oxygens (including phenoxy) is 2. The fraction of sp³-hybridized carbons (Fsp3) is 0.800. The molecule has 0 aromatic carbocycles. The average Bonchev–Trinajstić information content (AvgIpc) is 3.32. The van der Waals surface area contributed by atoms with Crippen LogP contribution in [0.4, 0.5) is 0 Å². The summed E-state index contributed by atoms with van der Waals surface area (Å²) in [5.74, 6) is -0.981. The molecule has 2 saturated carbocycles. The lowest BCUT2D eigenvalue weighted by Crippen LogP contribution is -2.00. The molecular weight excluding hydrogens is 244 g/mol. The Balaban J connectivity index is 0.000000108. The first-order valence-corrected chi connectivity index (χ1v) is 7.37. The summed E-state index contributed by atoms with van der Waals surface area (Å²) in [5, 5.41) is 7.60. The molecule has 4 aliphatic rings. The normalized spacial score (nSPS) is 37.1. The van der Waals surface area contributed by atoms with Crippen molar-refractivity contribution in [2.45, 2.75) is 75.8 Å². The molecule has 0 amide bonds. The van der Waals surface area contributed by atoms with Gasteiger partial charge in [0, 0.05) is 6.08 Å². The predicted octanol–water partition coefficient (Wildman–Crippen LogP) is 2.91. The minimum Gasteiger partial charge on any atom is -0.478 e. The Morgan fingerprint density at radius 3 is 1.32 bits per heavy atom. The summed E-state index contributed by atoms with van der Waals surface area (Å²) >= 11 is 0. The van der Waals surface area contributed by atoms with Gasteiger partial charge in [-0.3, -0.25) is 0 Å². The first kappa shape index (κ1) is 14.5. The van der Waals surface area contributed by atoms with E-state index >= 15 is 0 Å². The number of rotatable bonds is 1. The Bertz CT molecular complexity index is 273. The van der Waals surface area contributed by atoms with E-state index in [0.29, 0.717) is 24.4 Å². The summed E-state index contributed by atoms with van der Waals surface area (Å²) in [6.07, 6.45) is 14.6. The van der Waals surface area contributed by atoms with E-state index in [4.69, 9.17) is 14.6 Å². The third kappa shape index (κ3) is 5.33. The highest BCUT2D eigenvalue weighted by Crippen LogP contribution is 2.36. The standard InChI is InChI=1S/2C6H10O.C3H4O2/c2*1-2-4-6-5(3-1)7-6;1-2-3(4)5/h2*5-6H,1-4H2;2H,1H2,(H,4,5). The molecule has 4 fully saturated rings. The van der Waals surface area contributed by atoms with Crippen LogP contribution in [0, 0.1) is 0 Å². The molecule has 2 heterocycles. The number of carbonyl (C=O) groups is 1. The van der Waals surface area contributed by atoms with Gasteiger partial charge in [-0.25, -0.2) is 4.79 Å². The van der Waals surface area contributed by atoms with Crippen molar-refractivity contribution in [2.75, 3.05) is 0 Å². The van der Waals surface area contributed by atoms with Gasteiger partial charge in [-0.05, 0) is 25.7 Å². The molecule has 0 bridgehead atoms. The summed E-state index contributed by atoms with van der Waals surface area (Å²) < 4.78 is 10.6. The summed E-state index contributed by atoms with van der Waals surface area (Å²) in [6, 6.07) is 0. The number of fused-ring (bicyclic) bond motifs is 2. The first-order chi connectivity index (χ1) is 9.20. The van der Waals surface area contributed by atoms with E-state index in [1.807, 2.05) is 0 Å². The van der Waals surface area contributed by atoms with Gasteiger partial charge in [-0.1, -0.05) is 32.3 Å². The van der Waals surface area contributed by atoms with Crippen LogP contribution in [0.5, 0.6) is 0 Å². The highest BCUT2D eigenvalue weighted by molar-refractivity contribution is 5.78. The Morgan fingerprint density at radius 1 is 0.895 bits per heavy atom. The lowest BCUT2D eigenvalue weighted by Gasteiger charge is -2.00. The molecule has 4 unspecified atom stereocenters. The fourth-order valence-corrected chi connectivity index (χ4v) is 2.76. The number of carboxylic acids is 1. The highest BCUT2D eigenvalue weighted by atomic mass is 16.6. The van der Waals surface area contributed by atoms with Crippen molar-refractivity contribution in [3.05, 3.63) is 12.7 Å². The van der Waals surface area contributed by atoms with Crippen molar-refractivity contribution in [3.8, 4) is 0 Å². The van der Waals surface area contributed by atoms with Crippen molar-refractivity contribution < 1.29 is 19.4 Å². The maximum absolute atomic E-state index is 9.25. The molecule has 0 radical (unpaired) electrons. The van der Waals surface area contributed by atoms with Gasteiger partial charge >= 0.3 is 5.97 Å². The van der Waals surface area contributed by atoms with Crippen molar-refractivity contribution >= 4 is 5.97 Å². The minimum absolute atomic E-state index is 0.703. The molecule has 1 N–H and O–H groups in total. The molecule has 19 heavy (non-hydrogen) atoms. The van der Waals surface area contributed by atoms with E-state index in [0.717, 1.165) is 6.08 Å². The summed E-state index contributed by atoms with van der Waals surface area (Å²) in [4.78, 5) is 9.25. The van der Waals surface area contributed by atoms with Gasteiger partial charge in [-0.2, -0.15) is 0 Å². The third-order valence-electron chi connectivity index (χ3n) is 4.00. The Morgan fingerprint density at radius 2 is 1.16 bits per heavy atom. The van der Waals surface area contributed by atoms with Gasteiger partial charge in [0.25, 0.3) is 0 Å². The fourth-order valence-electron chi connectivity index (χ4n) is 2.76. The molecule has 4 nitrogen and oxygen atoms in total. The SMILES string of the molecule is C1CCC2OC2C1.C1CCC2OC2C1.C=CC(=O)O. The zero-order valence-corrected chi connectivity index (χ0v) is 11.4. The lowest BCUT2D eigenvalue weighted by molar-refractivity contribution is -0.131. The lowest BCUT2D eigenvalue weighted by atomic mass is 10.0. The van der Waals surface area contributed by atoms with Gasteiger partial charge < -0.3 is 14.6 Å². The minimum atomic E-state index is -0.981. The van der Waals surface area contributed by atoms with E-state index in [1.54, 1.807) is 0 Å². The topological polar surface area (TPSA) is 62.4 Å². The number of aliphatic carboxylic acids is 1. The molecular formula is C15H24O4. The van der Waals surface area contributed by atoms with Crippen LogP contribution in [-0.2, 0) is 14.3 Å². The second-order valence-electron chi connectivity index (χ2n) is 5.54. The summed E-state index contributed by atoms with van der Waals surface area (Å²) in [6.45, 7) is 2.96. The zero-order chi connectivity index (χ0) is 13.7. The van der Waals surface area contributed by atoms with Gasteiger partial charge in [0.1, 0.15) is 0 Å². The van der Waals surface area contributed by atoms with Crippen LogP contribution < -0.4 is 0 Å². The van der Waals surface area contributed by atoms with Crippen LogP contribution in [0.3, 0.4) is 0 Å². The summed E-state index contributed by atoms with van der Waals surface area (Å²) in [5.41, 5.74) is 0. The van der Waals surface area contributed by atoms with Crippen molar-refractivity contribution in [2.24, 2.45) is 0 Å². The molecule has 0 aromatic rings. The van der Waals surface area contributed by atoms with Gasteiger partial charge in [0.05, 0.1) is 24.4 Å². The zero-order valence-electron chi connectivity index (χ0n) is 11.4. The van der Waals surface area contributed by atoms with Crippen LogP contribution in [0.15, 0.2) is 12.7 Å². The predicted molar refractivity (Wildman–Crippen MR) is 72.1 cm³/mol. The van der Waals surface area contributed by atoms with Crippen molar-refractivity contribution in [3.63, 3.8) is 0 Å². The van der Waals surface area contributed by atoms with E-state index < -0.39 is 5.97 Å². The summed E-state index contributed by atoms with van der Waals surface area (Å²) in [7, 11) is 0. The number of epoxide rings is 2. The van der Waals surface area contributed by atoms with Crippen LogP contribution in [0.1, 0.15) is 51.4 Å². The monoisotopic (exact) mass is 268 g/mol. The Kier molecular flexibility index (Phi) is 5.40. The maximum Gasteiger partial charge on any atom is 0.327 e. The Labute approximate surface area is 114 Å². The number of hydrogen-bond donors (Lipinski definition) is 1. The second-order valence-corrected chi connectivity index (χ2v) is 5.54. The number of carboxylic acid groups (broad SMARTS) is 1. The quantitative estimate of drug-likeness (QED) is 0.586. The van der Waals surface area contributed by atoms with Crippen LogP contribution in [0.2, 0.25) is 0 Å². The smallest absolute Gasteiger partial charge is 0.327 e. The van der Waals surface area contributed by atoms with Crippen LogP contribution in [-0.4, -0.2) is 35.5 Å². The second kappa shape index (κ2) is 7.06. The number of hydrogen-bond acceptors (Lipinski definition) is 3. The molecule has 4 atom stereocenters. The van der Waals surface area contributed by atoms with Crippen molar-refractivity contribution in [1.82, 2.24) is 0 Å². The molecule has 2 aliphatic carbocycles. The molecule has 108 valence electrons. The molecule has 0 spiro atoms. The van der Waals surface area contributed by atoms with E-state index in [-0.39, 0.29) is 0 Å². The van der Waals surface area contributed by atoms with Gasteiger partial charge in [-0.15, -0.1) is 0 Å². The van der Waals surface area contributed by atoms with Gasteiger partial charge in [0.2, 0.25) is 0 Å². The third-order valence-corrected chi connectivity index (χ3v) is 4.00. The van der Waals surface area contributed by atoms with E-state index in [2.05, 4.69) is 6.58 Å². The maximum atomic E-state index is 9.25. The molecule has 2 aliphatic heterocycles. The highest BCUT2D eigenvalue weighted by Gasteiger charge is 2.40. The first-order valence-electron chi connectivity index (χ1n) is 7.37. The van der Waals surface area contributed by atoms with Crippen LogP contribution in [0.25, 0.3) is 0 Å². The molecule has 0 aromatic heterocycles. The van der Waals surface area contributed by atoms with E-state index in [1.165, 1.54) is 51.4 Å². The van der Waals surface area contributed by atoms with Crippen LogP contribution >= 0.6 is 0 Å². The van der Waals surface area contributed by atoms with Crippen molar-refractivity contribution in [1.29, 1.82) is 0 Å². The largest absolute Gasteiger partial charge is 0.478 e. The molecule has 2 saturated heterocycles. The average molecular weight is 268 g/mol. The molecule has 4 heteroatoms. The van der Waals surface area contributed by atoms with E-state index in [9.17, 15) is 4.79 Å².